The summed E-state index contributed by atoms with van der Waals surface area (Å²) in [7, 11) is 0. The molecule has 6 nitrogen and oxygen atoms in total. The summed E-state index contributed by atoms with van der Waals surface area (Å²) in [6, 6.07) is 0. The standard InChI is InChI=1S/C15H25NO5/c1-12(17)20-11-5-6-15(19)7-9-16(10-8-15)13(18)21-14(2,3)4/h5-6,19H,7-11H2,1-4H3/b6-5-. The second-order valence-corrected chi connectivity index (χ2v) is 6.28. The number of esters is 1. The maximum atomic E-state index is 11.9. The molecule has 0 aromatic rings. The fourth-order valence-corrected chi connectivity index (χ4v) is 2.00. The van der Waals surface area contributed by atoms with Crippen molar-refractivity contribution in [1.82, 2.24) is 4.90 Å². The average Bonchev–Trinajstić information content (AvgIpc) is 2.33. The van der Waals surface area contributed by atoms with Gasteiger partial charge in [-0.15, -0.1) is 0 Å². The predicted octanol–water partition coefficient (Wildman–Crippen LogP) is 1.87. The van der Waals surface area contributed by atoms with E-state index in [9.17, 15) is 14.7 Å². The summed E-state index contributed by atoms with van der Waals surface area (Å²) in [6.07, 6.45) is 3.78. The molecule has 1 saturated heterocycles. The number of aliphatic hydroxyl groups is 1. The van der Waals surface area contributed by atoms with Gasteiger partial charge < -0.3 is 19.5 Å². The van der Waals surface area contributed by atoms with E-state index in [0.29, 0.717) is 25.9 Å². The van der Waals surface area contributed by atoms with Gasteiger partial charge in [0.05, 0.1) is 5.60 Å². The van der Waals surface area contributed by atoms with E-state index in [-0.39, 0.29) is 18.7 Å². The van der Waals surface area contributed by atoms with Crippen molar-refractivity contribution in [1.29, 1.82) is 0 Å². The summed E-state index contributed by atoms with van der Waals surface area (Å²) in [5.41, 5.74) is -1.48. The third-order valence-corrected chi connectivity index (χ3v) is 3.09. The van der Waals surface area contributed by atoms with Crippen LogP contribution in [0.15, 0.2) is 12.2 Å². The number of likely N-dealkylation sites (tertiary alicyclic amines) is 1. The normalized spacial score (nSPS) is 18.6. The van der Waals surface area contributed by atoms with Crippen LogP contribution in [0.1, 0.15) is 40.5 Å². The van der Waals surface area contributed by atoms with Gasteiger partial charge in [-0.05, 0) is 39.7 Å². The smallest absolute Gasteiger partial charge is 0.410 e. The lowest BCUT2D eigenvalue weighted by Gasteiger charge is -2.37. The van der Waals surface area contributed by atoms with E-state index in [2.05, 4.69) is 0 Å². The SMILES string of the molecule is CC(=O)OC/C=C\C1(O)CCN(C(=O)OC(C)(C)C)CC1. The highest BCUT2D eigenvalue weighted by Crippen LogP contribution is 2.24. The molecule has 0 radical (unpaired) electrons. The molecule has 1 rings (SSSR count). The van der Waals surface area contributed by atoms with Crippen LogP contribution in [0.25, 0.3) is 0 Å². The first-order valence-corrected chi connectivity index (χ1v) is 7.13. The Morgan fingerprint density at radius 2 is 1.86 bits per heavy atom. The van der Waals surface area contributed by atoms with Crippen LogP contribution in [0.3, 0.4) is 0 Å². The monoisotopic (exact) mass is 299 g/mol. The first kappa shape index (κ1) is 17.5. The minimum atomic E-state index is -0.960. The predicted molar refractivity (Wildman–Crippen MR) is 77.8 cm³/mol. The lowest BCUT2D eigenvalue weighted by atomic mass is 9.91. The Morgan fingerprint density at radius 1 is 1.29 bits per heavy atom. The maximum Gasteiger partial charge on any atom is 0.410 e. The van der Waals surface area contributed by atoms with Gasteiger partial charge in [-0.1, -0.05) is 6.08 Å². The van der Waals surface area contributed by atoms with Crippen molar-refractivity contribution in [2.45, 2.75) is 51.7 Å². The zero-order valence-corrected chi connectivity index (χ0v) is 13.2. The van der Waals surface area contributed by atoms with Crippen LogP contribution in [0.4, 0.5) is 4.79 Å². The number of hydrogen-bond acceptors (Lipinski definition) is 5. The second-order valence-electron chi connectivity index (χ2n) is 6.28. The molecular formula is C15H25NO5. The van der Waals surface area contributed by atoms with Crippen LogP contribution in [0.2, 0.25) is 0 Å². The molecular weight excluding hydrogens is 274 g/mol. The summed E-state index contributed by atoms with van der Waals surface area (Å²) < 4.78 is 10.1. The molecule has 1 fully saturated rings. The Morgan fingerprint density at radius 3 is 2.33 bits per heavy atom. The molecule has 6 heteroatoms. The summed E-state index contributed by atoms with van der Waals surface area (Å²) >= 11 is 0. The largest absolute Gasteiger partial charge is 0.462 e. The van der Waals surface area contributed by atoms with Crippen LogP contribution >= 0.6 is 0 Å². The summed E-state index contributed by atoms with van der Waals surface area (Å²) in [6.45, 7) is 7.82. The molecule has 21 heavy (non-hydrogen) atoms. The Hall–Kier alpha value is -1.56. The van der Waals surface area contributed by atoms with Gasteiger partial charge in [0, 0.05) is 20.0 Å². The Balaban J connectivity index is 2.43. The number of carbonyl (C=O) groups excluding carboxylic acids is 2. The zero-order valence-electron chi connectivity index (χ0n) is 13.2. The fourth-order valence-electron chi connectivity index (χ4n) is 2.00. The molecule has 0 bridgehead atoms. The molecule has 0 aliphatic carbocycles. The minimum Gasteiger partial charge on any atom is -0.462 e. The molecule has 1 amide bonds. The molecule has 0 spiro atoms. The Labute approximate surface area is 125 Å². The Kier molecular flexibility index (Phi) is 5.78. The maximum absolute atomic E-state index is 11.9. The molecule has 0 unspecified atom stereocenters. The van der Waals surface area contributed by atoms with Crippen molar-refractivity contribution in [2.24, 2.45) is 0 Å². The van der Waals surface area contributed by atoms with E-state index in [0.717, 1.165) is 0 Å². The van der Waals surface area contributed by atoms with E-state index >= 15 is 0 Å². The third kappa shape index (κ3) is 6.62. The quantitative estimate of drug-likeness (QED) is 0.636. The van der Waals surface area contributed by atoms with E-state index in [4.69, 9.17) is 9.47 Å². The van der Waals surface area contributed by atoms with Crippen LogP contribution in [-0.2, 0) is 14.3 Å². The van der Waals surface area contributed by atoms with Gasteiger partial charge in [0.2, 0.25) is 0 Å². The van der Waals surface area contributed by atoms with Crippen LogP contribution in [-0.4, -0.2) is 53.0 Å². The minimum absolute atomic E-state index is 0.146. The number of piperidine rings is 1. The fraction of sp³-hybridized carbons (Fsp3) is 0.733. The van der Waals surface area contributed by atoms with Gasteiger partial charge in [0.1, 0.15) is 12.2 Å². The van der Waals surface area contributed by atoms with Gasteiger partial charge >= 0.3 is 12.1 Å². The van der Waals surface area contributed by atoms with Crippen molar-refractivity contribution in [3.05, 3.63) is 12.2 Å². The van der Waals surface area contributed by atoms with Crippen molar-refractivity contribution >= 4 is 12.1 Å². The first-order valence-electron chi connectivity index (χ1n) is 7.13. The highest BCUT2D eigenvalue weighted by molar-refractivity contribution is 5.68. The molecule has 0 saturated carbocycles. The lowest BCUT2D eigenvalue weighted by Crippen LogP contribution is -2.47. The molecule has 1 N–H and O–H groups in total. The number of hydrogen-bond donors (Lipinski definition) is 1. The first-order chi connectivity index (χ1) is 9.61. The molecule has 1 heterocycles. The van der Waals surface area contributed by atoms with Crippen LogP contribution in [0.5, 0.6) is 0 Å². The topological polar surface area (TPSA) is 76.1 Å². The third-order valence-electron chi connectivity index (χ3n) is 3.09. The van der Waals surface area contributed by atoms with E-state index in [1.54, 1.807) is 17.1 Å². The van der Waals surface area contributed by atoms with Crippen molar-refractivity contribution < 1.29 is 24.2 Å². The van der Waals surface area contributed by atoms with Crippen LogP contribution < -0.4 is 0 Å². The zero-order chi connectivity index (χ0) is 16.1. The molecule has 1 aliphatic heterocycles. The molecule has 1 aliphatic rings. The number of rotatable bonds is 3. The average molecular weight is 299 g/mol. The molecule has 0 aromatic carbocycles. The van der Waals surface area contributed by atoms with Crippen molar-refractivity contribution in [3.8, 4) is 0 Å². The van der Waals surface area contributed by atoms with E-state index < -0.39 is 11.2 Å². The molecule has 0 aromatic heterocycles. The number of amides is 1. The van der Waals surface area contributed by atoms with Crippen LogP contribution in [0, 0.1) is 0 Å². The van der Waals surface area contributed by atoms with Crippen molar-refractivity contribution in [3.63, 3.8) is 0 Å². The van der Waals surface area contributed by atoms with Gasteiger partial charge in [0.15, 0.2) is 0 Å². The highest BCUT2D eigenvalue weighted by atomic mass is 16.6. The van der Waals surface area contributed by atoms with Gasteiger partial charge in [0.25, 0.3) is 0 Å². The van der Waals surface area contributed by atoms with Gasteiger partial charge in [-0.25, -0.2) is 4.79 Å². The number of carbonyl (C=O) groups is 2. The highest BCUT2D eigenvalue weighted by Gasteiger charge is 2.33. The number of nitrogens with zero attached hydrogens (tertiary/aromatic N) is 1. The second kappa shape index (κ2) is 6.93. The van der Waals surface area contributed by atoms with Crippen molar-refractivity contribution in [2.75, 3.05) is 19.7 Å². The van der Waals surface area contributed by atoms with E-state index in [1.165, 1.54) is 6.92 Å². The summed E-state index contributed by atoms with van der Waals surface area (Å²) in [5, 5.41) is 10.4. The van der Waals surface area contributed by atoms with Gasteiger partial charge in [-0.3, -0.25) is 4.79 Å². The van der Waals surface area contributed by atoms with Gasteiger partial charge in [-0.2, -0.15) is 0 Å². The Bertz CT molecular complexity index is 403. The van der Waals surface area contributed by atoms with E-state index in [1.807, 2.05) is 20.8 Å². The molecule has 120 valence electrons. The summed E-state index contributed by atoms with van der Waals surface area (Å²) in [5.74, 6) is -0.355. The molecule has 0 atom stereocenters. The number of ether oxygens (including phenoxy) is 2. The summed E-state index contributed by atoms with van der Waals surface area (Å²) in [4.78, 5) is 24.1. The lowest BCUT2D eigenvalue weighted by molar-refractivity contribution is -0.139.